The Bertz CT molecular complexity index is 1380. The molecule has 0 amide bonds. The highest BCUT2D eigenvalue weighted by molar-refractivity contribution is 5.95. The standard InChI is InChI=1S/C26H26O7/c1-5-26(4)9-8-15-19(33-26)12-17(28)21-22(29)16-11-20(25(2,3)30)31-18-10-13(27)6-7-14(18)23(16)32-24(15)21/h6-10,12,20,27-28,30H,5,11H2,1-4H3. The minimum absolute atomic E-state index is 0.0139. The van der Waals surface area contributed by atoms with Gasteiger partial charge >= 0.3 is 0 Å². The normalized spacial score (nSPS) is 21.4. The molecule has 2 aliphatic rings. The maximum absolute atomic E-state index is 13.7. The van der Waals surface area contributed by atoms with Gasteiger partial charge in [0.1, 0.15) is 45.8 Å². The Morgan fingerprint density at radius 1 is 1.18 bits per heavy atom. The molecule has 2 atom stereocenters. The van der Waals surface area contributed by atoms with Crippen LogP contribution in [-0.4, -0.2) is 32.6 Å². The van der Waals surface area contributed by atoms with Crippen molar-refractivity contribution in [1.29, 1.82) is 0 Å². The molecule has 0 spiro atoms. The molecular weight excluding hydrogens is 424 g/mol. The average Bonchev–Trinajstić information content (AvgIpc) is 2.90. The third-order valence-corrected chi connectivity index (χ3v) is 6.54. The van der Waals surface area contributed by atoms with E-state index in [9.17, 15) is 20.1 Å². The Kier molecular flexibility index (Phi) is 4.55. The molecule has 3 aromatic rings. The smallest absolute Gasteiger partial charge is 0.200 e. The fourth-order valence-electron chi connectivity index (χ4n) is 4.33. The zero-order valence-electron chi connectivity index (χ0n) is 18.9. The number of hydrogen-bond acceptors (Lipinski definition) is 7. The van der Waals surface area contributed by atoms with E-state index in [0.29, 0.717) is 22.6 Å². The quantitative estimate of drug-likeness (QED) is 0.527. The number of hydrogen-bond donors (Lipinski definition) is 3. The van der Waals surface area contributed by atoms with E-state index < -0.39 is 22.7 Å². The highest BCUT2D eigenvalue weighted by atomic mass is 16.5. The summed E-state index contributed by atoms with van der Waals surface area (Å²) >= 11 is 0. The van der Waals surface area contributed by atoms with E-state index in [4.69, 9.17) is 13.9 Å². The first-order valence-corrected chi connectivity index (χ1v) is 11.0. The summed E-state index contributed by atoms with van der Waals surface area (Å²) in [4.78, 5) is 13.7. The molecule has 172 valence electrons. The number of aromatic hydroxyl groups is 2. The molecule has 0 saturated heterocycles. The van der Waals surface area contributed by atoms with Gasteiger partial charge in [0, 0.05) is 24.1 Å². The van der Waals surface area contributed by atoms with Crippen LogP contribution in [0.3, 0.4) is 0 Å². The van der Waals surface area contributed by atoms with Crippen LogP contribution in [0.2, 0.25) is 0 Å². The Morgan fingerprint density at radius 3 is 2.64 bits per heavy atom. The first-order valence-electron chi connectivity index (χ1n) is 11.0. The maximum Gasteiger partial charge on any atom is 0.200 e. The third kappa shape index (κ3) is 3.35. The van der Waals surface area contributed by atoms with Gasteiger partial charge in [-0.25, -0.2) is 0 Å². The predicted molar refractivity (Wildman–Crippen MR) is 124 cm³/mol. The van der Waals surface area contributed by atoms with Crippen LogP contribution in [0.1, 0.15) is 45.2 Å². The Labute approximate surface area is 190 Å². The maximum atomic E-state index is 13.7. The van der Waals surface area contributed by atoms with E-state index in [-0.39, 0.29) is 40.2 Å². The number of phenols is 2. The number of ether oxygens (including phenoxy) is 2. The van der Waals surface area contributed by atoms with Crippen molar-refractivity contribution in [2.75, 3.05) is 0 Å². The molecule has 0 radical (unpaired) electrons. The average molecular weight is 450 g/mol. The van der Waals surface area contributed by atoms with Crippen LogP contribution in [0.25, 0.3) is 28.4 Å². The van der Waals surface area contributed by atoms with E-state index >= 15 is 0 Å². The summed E-state index contributed by atoms with van der Waals surface area (Å²) in [7, 11) is 0. The molecule has 2 aromatic carbocycles. The van der Waals surface area contributed by atoms with E-state index in [1.165, 1.54) is 18.2 Å². The molecule has 7 nitrogen and oxygen atoms in total. The zero-order valence-corrected chi connectivity index (χ0v) is 18.9. The lowest BCUT2D eigenvalue weighted by molar-refractivity contribution is -0.0322. The topological polar surface area (TPSA) is 109 Å². The third-order valence-electron chi connectivity index (χ3n) is 6.54. The first kappa shape index (κ1) is 21.4. The summed E-state index contributed by atoms with van der Waals surface area (Å²) in [5.74, 6) is 0.757. The van der Waals surface area contributed by atoms with E-state index in [2.05, 4.69) is 0 Å². The molecule has 33 heavy (non-hydrogen) atoms. The molecule has 2 aliphatic heterocycles. The summed E-state index contributed by atoms with van der Waals surface area (Å²) in [6.45, 7) is 7.13. The number of rotatable bonds is 2. The van der Waals surface area contributed by atoms with Crippen LogP contribution >= 0.6 is 0 Å². The fraction of sp³-hybridized carbons (Fsp3) is 0.346. The van der Waals surface area contributed by atoms with Crippen LogP contribution in [-0.2, 0) is 6.42 Å². The van der Waals surface area contributed by atoms with Gasteiger partial charge in [-0.05, 0) is 51.5 Å². The molecule has 1 aromatic heterocycles. The van der Waals surface area contributed by atoms with Gasteiger partial charge in [0.05, 0.1) is 16.7 Å². The fourth-order valence-corrected chi connectivity index (χ4v) is 4.33. The van der Waals surface area contributed by atoms with Gasteiger partial charge in [0.15, 0.2) is 11.0 Å². The van der Waals surface area contributed by atoms with Crippen LogP contribution in [0.15, 0.2) is 39.6 Å². The predicted octanol–water partition coefficient (Wildman–Crippen LogP) is 4.52. The second-order valence-corrected chi connectivity index (χ2v) is 9.50. The SMILES string of the molecule is CCC1(C)C=Cc2c(cc(O)c3c(=O)c4c(oc23)-c2ccc(O)cc2OC(C(C)(C)O)C4)O1. The van der Waals surface area contributed by atoms with Crippen molar-refractivity contribution in [1.82, 2.24) is 0 Å². The molecule has 5 rings (SSSR count). The summed E-state index contributed by atoms with van der Waals surface area (Å²) in [5, 5.41) is 31.6. The highest BCUT2D eigenvalue weighted by Crippen LogP contribution is 2.45. The van der Waals surface area contributed by atoms with Crippen LogP contribution in [0, 0.1) is 0 Å². The number of aliphatic hydroxyl groups is 1. The first-order chi connectivity index (χ1) is 15.5. The minimum atomic E-state index is -1.29. The lowest BCUT2D eigenvalue weighted by atomic mass is 9.92. The molecule has 3 N–H and O–H groups in total. The van der Waals surface area contributed by atoms with E-state index in [1.807, 2.05) is 26.0 Å². The Balaban J connectivity index is 1.85. The summed E-state index contributed by atoms with van der Waals surface area (Å²) in [6.07, 6.45) is 3.76. The molecule has 0 fully saturated rings. The molecule has 0 bridgehead atoms. The van der Waals surface area contributed by atoms with Gasteiger partial charge < -0.3 is 29.2 Å². The molecule has 7 heteroatoms. The van der Waals surface area contributed by atoms with Gasteiger partial charge in [0.25, 0.3) is 0 Å². The van der Waals surface area contributed by atoms with Crippen molar-refractivity contribution >= 4 is 17.0 Å². The molecular formula is C26H26O7. The number of phenolic OH excluding ortho intramolecular Hbond substituents is 2. The van der Waals surface area contributed by atoms with Crippen molar-refractivity contribution in [3.63, 3.8) is 0 Å². The minimum Gasteiger partial charge on any atom is -0.508 e. The van der Waals surface area contributed by atoms with Crippen LogP contribution < -0.4 is 14.9 Å². The van der Waals surface area contributed by atoms with E-state index in [1.54, 1.807) is 19.9 Å². The van der Waals surface area contributed by atoms with Gasteiger partial charge in [-0.2, -0.15) is 0 Å². The van der Waals surface area contributed by atoms with Crippen molar-refractivity contribution in [3.05, 3.63) is 51.7 Å². The Hall–Kier alpha value is -3.45. The highest BCUT2D eigenvalue weighted by Gasteiger charge is 2.37. The van der Waals surface area contributed by atoms with Crippen molar-refractivity contribution in [2.45, 2.75) is 57.8 Å². The van der Waals surface area contributed by atoms with Crippen molar-refractivity contribution < 1.29 is 29.2 Å². The van der Waals surface area contributed by atoms with Gasteiger partial charge in [-0.3, -0.25) is 4.79 Å². The summed E-state index contributed by atoms with van der Waals surface area (Å²) in [5.41, 5.74) is -0.676. The van der Waals surface area contributed by atoms with E-state index in [0.717, 1.165) is 6.42 Å². The second kappa shape index (κ2) is 7.02. The van der Waals surface area contributed by atoms with Gasteiger partial charge in [0.2, 0.25) is 0 Å². The Morgan fingerprint density at radius 2 is 1.94 bits per heavy atom. The largest absolute Gasteiger partial charge is 0.508 e. The van der Waals surface area contributed by atoms with Gasteiger partial charge in [-0.1, -0.05) is 6.92 Å². The van der Waals surface area contributed by atoms with Crippen LogP contribution in [0.5, 0.6) is 23.0 Å². The van der Waals surface area contributed by atoms with Crippen molar-refractivity contribution in [3.8, 4) is 34.3 Å². The second-order valence-electron chi connectivity index (χ2n) is 9.50. The molecule has 2 unspecified atom stereocenters. The summed E-state index contributed by atoms with van der Waals surface area (Å²) < 4.78 is 18.5. The number of fused-ring (bicyclic) bond motifs is 6. The molecule has 0 aliphatic carbocycles. The monoisotopic (exact) mass is 450 g/mol. The van der Waals surface area contributed by atoms with Crippen molar-refractivity contribution in [2.24, 2.45) is 0 Å². The molecule has 0 saturated carbocycles. The van der Waals surface area contributed by atoms with Gasteiger partial charge in [-0.15, -0.1) is 0 Å². The lowest BCUT2D eigenvalue weighted by Crippen LogP contribution is -2.42. The summed E-state index contributed by atoms with van der Waals surface area (Å²) in [6, 6.07) is 5.97. The zero-order chi connectivity index (χ0) is 23.7. The lowest BCUT2D eigenvalue weighted by Gasteiger charge is -2.31. The molecule has 3 heterocycles. The van der Waals surface area contributed by atoms with Crippen LogP contribution in [0.4, 0.5) is 0 Å². The number of benzene rings is 2.